The number of hydrogen-bond donors (Lipinski definition) is 0. The van der Waals surface area contributed by atoms with Crippen molar-refractivity contribution in [3.05, 3.63) is 46.6 Å². The number of amides is 2. The molecule has 26 heavy (non-hydrogen) atoms. The fourth-order valence-corrected chi connectivity index (χ4v) is 3.68. The molecule has 2 aliphatic rings. The van der Waals surface area contributed by atoms with Gasteiger partial charge in [-0.15, -0.1) is 0 Å². The lowest BCUT2D eigenvalue weighted by Crippen LogP contribution is -2.61. The van der Waals surface area contributed by atoms with Gasteiger partial charge in [0, 0.05) is 31.6 Å². The first-order valence-electron chi connectivity index (χ1n) is 8.88. The van der Waals surface area contributed by atoms with Crippen LogP contribution >= 0.6 is 0 Å². The summed E-state index contributed by atoms with van der Waals surface area (Å²) < 4.78 is 5.21. The summed E-state index contributed by atoms with van der Waals surface area (Å²) in [7, 11) is 0. The number of rotatable bonds is 3. The van der Waals surface area contributed by atoms with Crippen LogP contribution in [0.25, 0.3) is 0 Å². The molecular weight excluding hydrogens is 332 g/mol. The first-order valence-corrected chi connectivity index (χ1v) is 8.88. The molecule has 7 nitrogen and oxygen atoms in total. The Balaban J connectivity index is 1.39. The molecule has 0 N–H and O–H groups in total. The molecule has 0 bridgehead atoms. The highest BCUT2D eigenvalue weighted by Crippen LogP contribution is 2.31. The molecule has 4 rings (SSSR count). The minimum atomic E-state index is -0.0486. The summed E-state index contributed by atoms with van der Waals surface area (Å²) in [4.78, 5) is 33.0. The van der Waals surface area contributed by atoms with Crippen molar-refractivity contribution >= 4 is 11.8 Å². The first kappa shape index (κ1) is 16.8. The predicted molar refractivity (Wildman–Crippen MR) is 93.7 cm³/mol. The second-order valence-electron chi connectivity index (χ2n) is 7.31. The van der Waals surface area contributed by atoms with Gasteiger partial charge in [-0.05, 0) is 32.4 Å². The summed E-state index contributed by atoms with van der Waals surface area (Å²) in [5.41, 5.74) is 2.80. The van der Waals surface area contributed by atoms with Gasteiger partial charge in [0.15, 0.2) is 5.82 Å². The van der Waals surface area contributed by atoms with Gasteiger partial charge >= 0.3 is 0 Å². The second-order valence-corrected chi connectivity index (χ2v) is 7.31. The van der Waals surface area contributed by atoms with Gasteiger partial charge in [0.05, 0.1) is 12.0 Å². The van der Waals surface area contributed by atoms with Crippen LogP contribution in [0.3, 0.4) is 0 Å². The molecule has 1 unspecified atom stereocenters. The molecule has 1 aromatic heterocycles. The smallest absolute Gasteiger partial charge is 0.254 e. The molecule has 1 aromatic carbocycles. The van der Waals surface area contributed by atoms with Crippen molar-refractivity contribution in [3.8, 4) is 0 Å². The van der Waals surface area contributed by atoms with E-state index in [1.54, 1.807) is 6.92 Å². The fourth-order valence-electron chi connectivity index (χ4n) is 3.68. The maximum Gasteiger partial charge on any atom is 0.254 e. The molecule has 0 aliphatic carbocycles. The van der Waals surface area contributed by atoms with Crippen LogP contribution in [0.1, 0.15) is 45.5 Å². The largest absolute Gasteiger partial charge is 0.339 e. The Morgan fingerprint density at radius 3 is 2.65 bits per heavy atom. The number of carbonyl (C=O) groups excluding carboxylic acids is 2. The van der Waals surface area contributed by atoms with Crippen LogP contribution in [0, 0.1) is 20.8 Å². The van der Waals surface area contributed by atoms with Crippen LogP contribution in [0.4, 0.5) is 0 Å². The summed E-state index contributed by atoms with van der Waals surface area (Å²) in [6.07, 6.45) is 0.392. The van der Waals surface area contributed by atoms with E-state index >= 15 is 0 Å². The Bertz CT molecular complexity index is 869. The normalized spacial score (nSPS) is 20.6. The zero-order valence-corrected chi connectivity index (χ0v) is 15.2. The molecule has 3 heterocycles. The van der Waals surface area contributed by atoms with Crippen molar-refractivity contribution in [1.29, 1.82) is 0 Å². The van der Waals surface area contributed by atoms with Crippen LogP contribution in [0.2, 0.25) is 0 Å². The van der Waals surface area contributed by atoms with Crippen molar-refractivity contribution in [2.45, 2.75) is 39.2 Å². The quantitative estimate of drug-likeness (QED) is 0.840. The Kier molecular flexibility index (Phi) is 4.01. The van der Waals surface area contributed by atoms with E-state index in [1.807, 2.05) is 41.8 Å². The lowest BCUT2D eigenvalue weighted by Gasteiger charge is -2.44. The highest BCUT2D eigenvalue weighted by molar-refractivity contribution is 5.96. The van der Waals surface area contributed by atoms with Crippen molar-refractivity contribution in [2.75, 3.05) is 19.6 Å². The number of hydrogen-bond acceptors (Lipinski definition) is 5. The average molecular weight is 354 g/mol. The predicted octanol–water partition coefficient (Wildman–Crippen LogP) is 1.84. The zero-order chi connectivity index (χ0) is 18.4. The molecule has 0 spiro atoms. The number of aryl methyl sites for hydroxylation is 3. The number of likely N-dealkylation sites (tertiary alicyclic amines) is 2. The van der Waals surface area contributed by atoms with Gasteiger partial charge in [-0.2, -0.15) is 4.98 Å². The van der Waals surface area contributed by atoms with E-state index in [2.05, 4.69) is 10.1 Å². The van der Waals surface area contributed by atoms with E-state index in [1.165, 1.54) is 0 Å². The van der Waals surface area contributed by atoms with Gasteiger partial charge in [0.1, 0.15) is 0 Å². The molecule has 0 saturated carbocycles. The topological polar surface area (TPSA) is 79.5 Å². The van der Waals surface area contributed by atoms with E-state index in [0.717, 1.165) is 16.7 Å². The lowest BCUT2D eigenvalue weighted by atomic mass is 10.0. The van der Waals surface area contributed by atoms with Gasteiger partial charge in [-0.3, -0.25) is 9.59 Å². The molecular formula is C19H22N4O3. The van der Waals surface area contributed by atoms with E-state index in [0.29, 0.717) is 37.8 Å². The Morgan fingerprint density at radius 1 is 1.19 bits per heavy atom. The highest BCUT2D eigenvalue weighted by atomic mass is 16.5. The fraction of sp³-hybridized carbons (Fsp3) is 0.474. The van der Waals surface area contributed by atoms with E-state index in [-0.39, 0.29) is 23.8 Å². The van der Waals surface area contributed by atoms with Gasteiger partial charge < -0.3 is 14.3 Å². The van der Waals surface area contributed by atoms with Crippen molar-refractivity contribution in [2.24, 2.45) is 0 Å². The van der Waals surface area contributed by atoms with E-state index in [4.69, 9.17) is 4.52 Å². The van der Waals surface area contributed by atoms with Crippen LogP contribution in [0.5, 0.6) is 0 Å². The molecule has 1 atom stereocenters. The summed E-state index contributed by atoms with van der Waals surface area (Å²) >= 11 is 0. The summed E-state index contributed by atoms with van der Waals surface area (Å²) in [5, 5.41) is 3.81. The molecule has 2 amide bonds. The average Bonchev–Trinajstić information content (AvgIpc) is 3.15. The van der Waals surface area contributed by atoms with Crippen molar-refractivity contribution in [1.82, 2.24) is 19.9 Å². The number of nitrogens with zero attached hydrogens (tertiary/aromatic N) is 4. The van der Waals surface area contributed by atoms with Gasteiger partial charge in [-0.1, -0.05) is 22.9 Å². The van der Waals surface area contributed by atoms with Crippen LogP contribution in [0.15, 0.2) is 22.7 Å². The summed E-state index contributed by atoms with van der Waals surface area (Å²) in [6.45, 7) is 7.43. The summed E-state index contributed by atoms with van der Waals surface area (Å²) in [6, 6.07) is 5.99. The number of benzene rings is 1. The molecule has 7 heteroatoms. The molecule has 2 aromatic rings. The van der Waals surface area contributed by atoms with Crippen LogP contribution < -0.4 is 0 Å². The standard InChI is InChI=1S/C19H22N4O3/c1-11-4-5-12(2)16(6-11)19(25)22-9-15(10-22)23-8-14(7-17(23)24)18-20-13(3)21-26-18/h4-6,14-15H,7-10H2,1-3H3. The number of aromatic nitrogens is 2. The third-order valence-corrected chi connectivity index (χ3v) is 5.26. The van der Waals surface area contributed by atoms with Crippen LogP contribution in [-0.4, -0.2) is 57.4 Å². The Morgan fingerprint density at radius 2 is 1.96 bits per heavy atom. The monoisotopic (exact) mass is 354 g/mol. The third-order valence-electron chi connectivity index (χ3n) is 5.26. The first-order chi connectivity index (χ1) is 12.4. The summed E-state index contributed by atoms with van der Waals surface area (Å²) in [5.74, 6) is 1.20. The molecule has 2 aliphatic heterocycles. The SMILES string of the molecule is Cc1ccc(C)c(C(=O)N2CC(N3CC(c4nc(C)no4)CC3=O)C2)c1. The van der Waals surface area contributed by atoms with E-state index in [9.17, 15) is 9.59 Å². The van der Waals surface area contributed by atoms with Crippen molar-refractivity contribution in [3.63, 3.8) is 0 Å². The second kappa shape index (κ2) is 6.23. The highest BCUT2D eigenvalue weighted by Gasteiger charge is 2.43. The Labute approximate surface area is 152 Å². The van der Waals surface area contributed by atoms with Crippen molar-refractivity contribution < 1.29 is 14.1 Å². The maximum atomic E-state index is 12.7. The Hall–Kier alpha value is -2.70. The van der Waals surface area contributed by atoms with Gasteiger partial charge in [-0.25, -0.2) is 0 Å². The molecule has 2 saturated heterocycles. The zero-order valence-electron chi connectivity index (χ0n) is 15.2. The molecule has 136 valence electrons. The third kappa shape index (κ3) is 2.87. The minimum absolute atomic E-state index is 0.0400. The lowest BCUT2D eigenvalue weighted by molar-refractivity contribution is -0.132. The van der Waals surface area contributed by atoms with Gasteiger partial charge in [0.2, 0.25) is 11.8 Å². The molecule has 2 fully saturated rings. The number of carbonyl (C=O) groups is 2. The minimum Gasteiger partial charge on any atom is -0.339 e. The molecule has 0 radical (unpaired) electrons. The van der Waals surface area contributed by atoms with Gasteiger partial charge in [0.25, 0.3) is 5.91 Å². The van der Waals surface area contributed by atoms with Crippen LogP contribution in [-0.2, 0) is 4.79 Å². The van der Waals surface area contributed by atoms with E-state index < -0.39 is 0 Å². The maximum absolute atomic E-state index is 12.7.